The Hall–Kier alpha value is -3.64. The molecule has 0 bridgehead atoms. The molecule has 0 fully saturated rings. The molecule has 14 nitrogen and oxygen atoms in total. The van der Waals surface area contributed by atoms with Crippen molar-refractivity contribution in [3.63, 3.8) is 0 Å². The Labute approximate surface area is 798 Å². The van der Waals surface area contributed by atoms with Crippen molar-refractivity contribution in [2.75, 3.05) is 26.4 Å². The fourth-order valence-corrected chi connectivity index (χ4v) is 17.5. The molecule has 0 saturated carbocycles. The SMILES string of the molecule is CCCCCCCC/C=C/CCCCCCCCCCCCCOC(=O)c1cccc(S(=O)(=O)[O-])c1C(=O)OCCCCCCCCCCCCC/C=C/CCCCCCCC.CCCCCCCC/C=C/CCCCCCCCCCCCCOC(=O)c1cccc(S(=O)(=O)[O-])c1C(=O)OCCCCCCCCCCCCC/C=C/CCCCCCCC.[Ca+2]. The van der Waals surface area contributed by atoms with Crippen LogP contribution in [0.4, 0.5) is 0 Å². The van der Waals surface area contributed by atoms with E-state index in [1.54, 1.807) is 0 Å². The van der Waals surface area contributed by atoms with Crippen LogP contribution in [0.15, 0.2) is 94.8 Å². The number of benzene rings is 2. The molecule has 0 spiro atoms. The molecule has 2 rings (SSSR count). The van der Waals surface area contributed by atoms with Gasteiger partial charge in [-0.2, -0.15) is 0 Å². The molecule has 0 aliphatic heterocycles. The maximum absolute atomic E-state index is 13.1. The molecule has 0 unspecified atom stereocenters. The van der Waals surface area contributed by atoms with Gasteiger partial charge in [-0.05, 0) is 153 Å². The van der Waals surface area contributed by atoms with Crippen molar-refractivity contribution in [3.8, 4) is 0 Å². The fraction of sp³-hybridized carbons (Fsp3) is 0.778. The van der Waals surface area contributed by atoms with E-state index in [0.717, 1.165) is 89.2 Å². The minimum atomic E-state index is -5.02. The summed E-state index contributed by atoms with van der Waals surface area (Å²) in [7, 11) is -10.0. The number of hydrogen-bond acceptors (Lipinski definition) is 14. The van der Waals surface area contributed by atoms with Crippen LogP contribution in [0, 0.1) is 0 Å². The number of carbonyl (C=O) groups excluding carboxylic acids is 4. The van der Waals surface area contributed by atoms with Gasteiger partial charge in [-0.25, -0.2) is 36.0 Å². The first kappa shape index (κ1) is 121. The quantitative estimate of drug-likeness (QED) is 0.0150. The number of hydrogen-bond donors (Lipinski definition) is 0. The molecule has 2 aromatic carbocycles. The van der Waals surface area contributed by atoms with Gasteiger partial charge in [0.2, 0.25) is 0 Å². The monoisotopic (exact) mass is 1810 g/mol. The van der Waals surface area contributed by atoms with E-state index in [9.17, 15) is 45.1 Å². The molecule has 125 heavy (non-hydrogen) atoms. The van der Waals surface area contributed by atoms with E-state index in [1.807, 2.05) is 0 Å². The summed E-state index contributed by atoms with van der Waals surface area (Å²) in [5.74, 6) is -3.61. The van der Waals surface area contributed by atoms with Crippen LogP contribution in [0.5, 0.6) is 0 Å². The van der Waals surface area contributed by atoms with Gasteiger partial charge in [-0.15, -0.1) is 0 Å². The van der Waals surface area contributed by atoms with E-state index in [1.165, 1.54) is 410 Å². The molecule has 0 saturated heterocycles. The number of ether oxygens (including phenoxy) is 4. The van der Waals surface area contributed by atoms with Gasteiger partial charge in [0, 0.05) is 0 Å². The van der Waals surface area contributed by atoms with Crippen LogP contribution in [-0.4, -0.2) is 114 Å². The minimum Gasteiger partial charge on any atom is -0.744 e. The van der Waals surface area contributed by atoms with Gasteiger partial charge < -0.3 is 28.1 Å². The number of rotatable bonds is 90. The van der Waals surface area contributed by atoms with E-state index in [0.29, 0.717) is 25.7 Å². The second-order valence-electron chi connectivity index (χ2n) is 35.6. The molecule has 0 amide bonds. The van der Waals surface area contributed by atoms with Crippen molar-refractivity contribution < 1.29 is 64.1 Å². The predicted molar refractivity (Wildman–Crippen MR) is 526 cm³/mol. The molecule has 0 heterocycles. The third kappa shape index (κ3) is 76.6. The molecule has 0 atom stereocenters. The second kappa shape index (κ2) is 92.2. The van der Waals surface area contributed by atoms with Gasteiger partial charge in [-0.1, -0.05) is 448 Å². The summed E-state index contributed by atoms with van der Waals surface area (Å²) in [6.07, 6.45) is 112. The summed E-state index contributed by atoms with van der Waals surface area (Å²) in [6.45, 7) is 9.56. The standard InChI is InChI=1S/2C54H94O7S.Ca/c2*1-3-5-7-9-11-13-15-17-19-21-23-25-27-29-31-33-35-37-39-41-43-48-60-53(55)50-46-45-47-51(62(57,58)59)52(50)54(56)61-49-44-42-40-38-36-34-32-30-28-26-24-22-20-18-16-14-12-10-8-6-4-2;/h2*17-20,45-47H,3-16,21-44,48-49H2,1-2H3,(H,57,58,59);/q;;+2/p-2/b2*19-17+,20-18+;. The van der Waals surface area contributed by atoms with Gasteiger partial charge in [0.25, 0.3) is 0 Å². The van der Waals surface area contributed by atoms with Crippen LogP contribution in [-0.2, 0) is 39.2 Å². The maximum Gasteiger partial charge on any atom is 2.00 e. The van der Waals surface area contributed by atoms with Crippen molar-refractivity contribution in [2.45, 2.75) is 525 Å². The maximum atomic E-state index is 13.1. The Morgan fingerprint density at radius 2 is 0.368 bits per heavy atom. The van der Waals surface area contributed by atoms with Gasteiger partial charge in [0.15, 0.2) is 0 Å². The Kier molecular flexibility index (Phi) is 89.5. The molecule has 0 aliphatic rings. The van der Waals surface area contributed by atoms with Gasteiger partial charge in [0.05, 0.1) is 58.5 Å². The second-order valence-corrected chi connectivity index (χ2v) is 38.3. The zero-order valence-corrected chi connectivity index (χ0v) is 84.7. The van der Waals surface area contributed by atoms with E-state index >= 15 is 0 Å². The van der Waals surface area contributed by atoms with Crippen molar-refractivity contribution in [3.05, 3.63) is 107 Å². The zero-order chi connectivity index (χ0) is 90.1. The largest absolute Gasteiger partial charge is 2.00 e. The number of allylic oxidation sites excluding steroid dienone is 8. The van der Waals surface area contributed by atoms with Crippen LogP contribution in [0.25, 0.3) is 0 Å². The van der Waals surface area contributed by atoms with Crippen molar-refractivity contribution in [1.29, 1.82) is 0 Å². The molecular weight excluding hydrogens is 1630 g/mol. The third-order valence-corrected chi connectivity index (χ3v) is 25.8. The summed E-state index contributed by atoms with van der Waals surface area (Å²) >= 11 is 0. The zero-order valence-electron chi connectivity index (χ0n) is 80.9. The molecule has 0 aromatic heterocycles. The minimum absolute atomic E-state index is 0. The first-order valence-corrected chi connectivity index (χ1v) is 54.9. The molecule has 0 aliphatic carbocycles. The Morgan fingerprint density at radius 3 is 0.528 bits per heavy atom. The Bertz CT molecular complexity index is 2950. The number of esters is 4. The van der Waals surface area contributed by atoms with E-state index in [2.05, 4.69) is 76.3 Å². The van der Waals surface area contributed by atoms with Crippen LogP contribution in [0.3, 0.4) is 0 Å². The van der Waals surface area contributed by atoms with Gasteiger partial charge >= 0.3 is 61.6 Å². The van der Waals surface area contributed by atoms with Crippen molar-refractivity contribution in [1.82, 2.24) is 0 Å². The summed E-state index contributed by atoms with van der Waals surface area (Å²) in [4.78, 5) is 50.6. The number of unbranched alkanes of at least 4 members (excludes halogenated alkanes) is 68. The van der Waals surface area contributed by atoms with E-state index < -0.39 is 65.0 Å². The summed E-state index contributed by atoms with van der Waals surface area (Å²) in [5, 5.41) is 0. The van der Waals surface area contributed by atoms with E-state index in [4.69, 9.17) is 18.9 Å². The molecule has 2 aromatic rings. The van der Waals surface area contributed by atoms with E-state index in [-0.39, 0.29) is 75.3 Å². The van der Waals surface area contributed by atoms with Crippen molar-refractivity contribution >= 4 is 81.9 Å². The first-order valence-electron chi connectivity index (χ1n) is 52.1. The Morgan fingerprint density at radius 1 is 0.224 bits per heavy atom. The summed E-state index contributed by atoms with van der Waals surface area (Å²) in [5.41, 5.74) is -1.55. The summed E-state index contributed by atoms with van der Waals surface area (Å²) < 4.78 is 93.9. The molecule has 0 N–H and O–H groups in total. The smallest absolute Gasteiger partial charge is 0.744 e. The summed E-state index contributed by atoms with van der Waals surface area (Å²) in [6, 6.07) is 7.29. The topological polar surface area (TPSA) is 220 Å². The van der Waals surface area contributed by atoms with Crippen LogP contribution >= 0.6 is 0 Å². The normalized spacial score (nSPS) is 11.8. The van der Waals surface area contributed by atoms with Crippen LogP contribution in [0.1, 0.15) is 557 Å². The van der Waals surface area contributed by atoms with Crippen molar-refractivity contribution in [2.24, 2.45) is 0 Å². The van der Waals surface area contributed by atoms with Gasteiger partial charge in [0.1, 0.15) is 20.2 Å². The van der Waals surface area contributed by atoms with Crippen LogP contribution in [0.2, 0.25) is 0 Å². The molecular formula is C108H186CaO14S2. The molecule has 0 radical (unpaired) electrons. The average molecular weight is 1810 g/mol. The average Bonchev–Trinajstić information content (AvgIpc) is 0.795. The number of carbonyl (C=O) groups is 4. The third-order valence-electron chi connectivity index (χ3n) is 24.0. The molecule has 716 valence electrons. The predicted octanol–water partition coefficient (Wildman–Crippen LogP) is 33.4. The fourth-order valence-electron chi connectivity index (χ4n) is 16.1. The Balaban J connectivity index is 0.00000244. The molecule has 17 heteroatoms. The van der Waals surface area contributed by atoms with Gasteiger partial charge in [-0.3, -0.25) is 0 Å². The first-order chi connectivity index (χ1) is 60.6. The van der Waals surface area contributed by atoms with Crippen LogP contribution < -0.4 is 0 Å².